The van der Waals surface area contributed by atoms with Gasteiger partial charge in [-0.25, -0.2) is 0 Å². The molecule has 0 aliphatic heterocycles. The van der Waals surface area contributed by atoms with Gasteiger partial charge in [-0.2, -0.15) is 0 Å². The van der Waals surface area contributed by atoms with Crippen LogP contribution in [0.25, 0.3) is 0 Å². The van der Waals surface area contributed by atoms with Gasteiger partial charge in [-0.1, -0.05) is 38.1 Å². The second-order valence-electron chi connectivity index (χ2n) is 3.01. The van der Waals surface area contributed by atoms with E-state index in [2.05, 4.69) is 58.2 Å². The zero-order valence-corrected chi connectivity index (χ0v) is 8.30. The van der Waals surface area contributed by atoms with Crippen LogP contribution in [0.1, 0.15) is 30.9 Å². The number of hydrogen-bond acceptors (Lipinski definition) is 0. The van der Waals surface area contributed by atoms with Gasteiger partial charge in [-0.3, -0.25) is 0 Å². The van der Waals surface area contributed by atoms with Crippen molar-refractivity contribution in [2.75, 3.05) is 0 Å². The van der Waals surface area contributed by atoms with Crippen molar-refractivity contribution in [3.05, 3.63) is 48.6 Å². The zero-order valence-electron chi connectivity index (χ0n) is 8.30. The molecular formula is C12H18. The maximum atomic E-state index is 3.00. The van der Waals surface area contributed by atoms with Gasteiger partial charge in [0.2, 0.25) is 0 Å². The van der Waals surface area contributed by atoms with E-state index in [-0.39, 0.29) is 0 Å². The van der Waals surface area contributed by atoms with Crippen LogP contribution >= 0.6 is 0 Å². The summed E-state index contributed by atoms with van der Waals surface area (Å²) in [5.41, 5.74) is 2.86. The average Bonchev–Trinajstić information content (AvgIpc) is 2.08. The van der Waals surface area contributed by atoms with E-state index in [0.29, 0.717) is 5.92 Å². The monoisotopic (exact) mass is 162 g/mol. The van der Waals surface area contributed by atoms with Crippen LogP contribution in [0, 0.1) is 6.92 Å². The Morgan fingerprint density at radius 2 is 1.58 bits per heavy atom. The predicted octanol–water partition coefficient (Wildman–Crippen LogP) is 3.92. The highest BCUT2D eigenvalue weighted by Crippen LogP contribution is 2.17. The minimum atomic E-state index is 0.654. The topological polar surface area (TPSA) is 0 Å². The van der Waals surface area contributed by atoms with E-state index in [1.807, 2.05) is 0 Å². The Morgan fingerprint density at radius 1 is 1.08 bits per heavy atom. The van der Waals surface area contributed by atoms with Gasteiger partial charge in [0.1, 0.15) is 0 Å². The molecule has 66 valence electrons. The molecule has 1 aromatic carbocycles. The second-order valence-corrected chi connectivity index (χ2v) is 3.01. The third kappa shape index (κ3) is 2.91. The molecule has 0 N–H and O–H groups in total. The molecular weight excluding hydrogens is 144 g/mol. The van der Waals surface area contributed by atoms with Crippen LogP contribution in [-0.2, 0) is 0 Å². The SMILES string of the molecule is C=C.Cc1ccccc1C(C)C. The minimum Gasteiger partial charge on any atom is -0.106 e. The molecule has 0 saturated heterocycles. The Hall–Kier alpha value is -1.04. The van der Waals surface area contributed by atoms with Gasteiger partial charge in [-0.15, -0.1) is 13.2 Å². The smallest absolute Gasteiger partial charge is 0.0216 e. The van der Waals surface area contributed by atoms with Crippen LogP contribution < -0.4 is 0 Å². The molecule has 0 fully saturated rings. The van der Waals surface area contributed by atoms with Crippen LogP contribution in [-0.4, -0.2) is 0 Å². The summed E-state index contributed by atoms with van der Waals surface area (Å²) >= 11 is 0. The third-order valence-corrected chi connectivity index (χ3v) is 1.81. The Morgan fingerprint density at radius 3 is 1.92 bits per heavy atom. The van der Waals surface area contributed by atoms with E-state index >= 15 is 0 Å². The molecule has 0 atom stereocenters. The van der Waals surface area contributed by atoms with Gasteiger partial charge in [-0.05, 0) is 24.0 Å². The lowest BCUT2D eigenvalue weighted by atomic mass is 9.99. The van der Waals surface area contributed by atoms with E-state index in [1.165, 1.54) is 11.1 Å². The summed E-state index contributed by atoms with van der Waals surface area (Å²) < 4.78 is 0. The highest BCUT2D eigenvalue weighted by Gasteiger charge is 1.99. The first-order chi connectivity index (χ1) is 5.72. The van der Waals surface area contributed by atoms with Gasteiger partial charge >= 0.3 is 0 Å². The first-order valence-corrected chi connectivity index (χ1v) is 4.27. The number of rotatable bonds is 1. The number of aryl methyl sites for hydroxylation is 1. The van der Waals surface area contributed by atoms with E-state index < -0.39 is 0 Å². The zero-order chi connectivity index (χ0) is 9.56. The number of hydrogen-bond donors (Lipinski definition) is 0. The summed E-state index contributed by atoms with van der Waals surface area (Å²) in [6, 6.07) is 8.54. The van der Waals surface area contributed by atoms with Crippen LogP contribution in [0.5, 0.6) is 0 Å². The van der Waals surface area contributed by atoms with Crippen molar-refractivity contribution in [2.45, 2.75) is 26.7 Å². The summed E-state index contributed by atoms with van der Waals surface area (Å²) in [7, 11) is 0. The Balaban J connectivity index is 0.000000561. The van der Waals surface area contributed by atoms with E-state index in [4.69, 9.17) is 0 Å². The summed E-state index contributed by atoms with van der Waals surface area (Å²) in [6.07, 6.45) is 0. The van der Waals surface area contributed by atoms with Crippen molar-refractivity contribution in [1.29, 1.82) is 0 Å². The highest BCUT2D eigenvalue weighted by molar-refractivity contribution is 5.27. The van der Waals surface area contributed by atoms with E-state index in [9.17, 15) is 0 Å². The molecule has 0 radical (unpaired) electrons. The molecule has 0 amide bonds. The minimum absolute atomic E-state index is 0.654. The summed E-state index contributed by atoms with van der Waals surface area (Å²) in [6.45, 7) is 12.6. The molecule has 0 spiro atoms. The van der Waals surface area contributed by atoms with Crippen molar-refractivity contribution in [1.82, 2.24) is 0 Å². The lowest BCUT2D eigenvalue weighted by Gasteiger charge is -2.07. The van der Waals surface area contributed by atoms with Gasteiger partial charge in [0.15, 0.2) is 0 Å². The first-order valence-electron chi connectivity index (χ1n) is 4.27. The van der Waals surface area contributed by atoms with E-state index in [0.717, 1.165) is 0 Å². The van der Waals surface area contributed by atoms with Gasteiger partial charge in [0.05, 0.1) is 0 Å². The van der Waals surface area contributed by atoms with Gasteiger partial charge in [0, 0.05) is 0 Å². The van der Waals surface area contributed by atoms with E-state index in [1.54, 1.807) is 0 Å². The van der Waals surface area contributed by atoms with Crippen molar-refractivity contribution < 1.29 is 0 Å². The van der Waals surface area contributed by atoms with Crippen LogP contribution in [0.2, 0.25) is 0 Å². The summed E-state index contributed by atoms with van der Waals surface area (Å²) in [5, 5.41) is 0. The molecule has 0 unspecified atom stereocenters. The molecule has 0 bridgehead atoms. The fourth-order valence-corrected chi connectivity index (χ4v) is 1.23. The second kappa shape index (κ2) is 5.59. The molecule has 0 heteroatoms. The van der Waals surface area contributed by atoms with Crippen molar-refractivity contribution in [2.24, 2.45) is 0 Å². The largest absolute Gasteiger partial charge is 0.106 e. The van der Waals surface area contributed by atoms with Crippen molar-refractivity contribution in [3.8, 4) is 0 Å². The van der Waals surface area contributed by atoms with Gasteiger partial charge in [0.25, 0.3) is 0 Å². The predicted molar refractivity (Wildman–Crippen MR) is 56.5 cm³/mol. The molecule has 0 aliphatic rings. The van der Waals surface area contributed by atoms with Crippen molar-refractivity contribution >= 4 is 0 Å². The van der Waals surface area contributed by atoms with Crippen LogP contribution in [0.3, 0.4) is 0 Å². The Kier molecular flexibility index (Phi) is 5.11. The van der Waals surface area contributed by atoms with Crippen LogP contribution in [0.15, 0.2) is 37.4 Å². The summed E-state index contributed by atoms with van der Waals surface area (Å²) in [5.74, 6) is 0.654. The molecule has 0 nitrogen and oxygen atoms in total. The normalized spacial score (nSPS) is 9.00. The average molecular weight is 162 g/mol. The molecule has 1 aromatic rings. The maximum absolute atomic E-state index is 3.00. The Bertz CT molecular complexity index is 223. The molecule has 0 saturated carbocycles. The lowest BCUT2D eigenvalue weighted by Crippen LogP contribution is -1.89. The molecule has 0 heterocycles. The molecule has 0 aromatic heterocycles. The summed E-state index contributed by atoms with van der Waals surface area (Å²) in [4.78, 5) is 0. The highest BCUT2D eigenvalue weighted by atomic mass is 14.0. The quantitative estimate of drug-likeness (QED) is 0.549. The standard InChI is InChI=1S/C10H14.C2H4/c1-8(2)10-7-5-4-6-9(10)3;1-2/h4-8H,1-3H3;1-2H2. The number of benzene rings is 1. The first kappa shape index (κ1) is 11.0. The van der Waals surface area contributed by atoms with Gasteiger partial charge < -0.3 is 0 Å². The fraction of sp³-hybridized carbons (Fsp3) is 0.333. The Labute approximate surface area is 75.9 Å². The third-order valence-electron chi connectivity index (χ3n) is 1.81. The lowest BCUT2D eigenvalue weighted by molar-refractivity contribution is 0.856. The van der Waals surface area contributed by atoms with Crippen molar-refractivity contribution in [3.63, 3.8) is 0 Å². The molecule has 0 aliphatic carbocycles. The van der Waals surface area contributed by atoms with Crippen LogP contribution in [0.4, 0.5) is 0 Å². The molecule has 12 heavy (non-hydrogen) atoms. The maximum Gasteiger partial charge on any atom is -0.0216 e. The fourth-order valence-electron chi connectivity index (χ4n) is 1.23. The molecule has 1 rings (SSSR count).